The molecule has 1 atom stereocenters. The third kappa shape index (κ3) is 3.16. The molecule has 2 aromatic heterocycles. The van der Waals surface area contributed by atoms with Crippen molar-refractivity contribution in [3.05, 3.63) is 24.2 Å². The number of carbonyl (C=O) groups excluding carboxylic acids is 1. The fourth-order valence-corrected chi connectivity index (χ4v) is 3.23. The molecule has 124 valence electrons. The van der Waals surface area contributed by atoms with Crippen molar-refractivity contribution in [1.82, 2.24) is 24.8 Å². The first-order valence-corrected chi connectivity index (χ1v) is 8.58. The van der Waals surface area contributed by atoms with Crippen molar-refractivity contribution in [3.63, 3.8) is 0 Å². The first-order valence-electron chi connectivity index (χ1n) is 8.58. The Hall–Kier alpha value is -2.11. The average Bonchev–Trinajstić information content (AvgIpc) is 3.18. The molecular formula is C17H25N5O. The number of imidazole rings is 1. The molecule has 3 heterocycles. The summed E-state index contributed by atoms with van der Waals surface area (Å²) in [4.78, 5) is 23.4. The molecule has 0 spiro atoms. The maximum absolute atomic E-state index is 12.1. The molecule has 1 N–H and O–H groups in total. The minimum Gasteiger partial charge on any atom is -0.338 e. The Labute approximate surface area is 136 Å². The quantitative estimate of drug-likeness (QED) is 0.923. The zero-order valence-corrected chi connectivity index (χ0v) is 14.0. The molecular weight excluding hydrogens is 290 g/mol. The lowest BCUT2D eigenvalue weighted by molar-refractivity contribution is 0.208. The van der Waals surface area contributed by atoms with Gasteiger partial charge >= 0.3 is 6.03 Å². The fourth-order valence-electron chi connectivity index (χ4n) is 3.23. The predicted octanol–water partition coefficient (Wildman–Crippen LogP) is 2.75. The van der Waals surface area contributed by atoms with Crippen LogP contribution in [-0.2, 0) is 6.54 Å². The zero-order valence-electron chi connectivity index (χ0n) is 14.0. The highest BCUT2D eigenvalue weighted by Crippen LogP contribution is 2.29. The SMILES string of the molecule is CCCNC(=O)N1CC[C@@H](c2nc3cccnc3n2CCC)C1. The molecule has 6 nitrogen and oxygen atoms in total. The molecule has 1 saturated heterocycles. The molecule has 0 aromatic carbocycles. The molecule has 1 aliphatic rings. The number of aromatic nitrogens is 3. The monoisotopic (exact) mass is 315 g/mol. The number of aryl methyl sites for hydroxylation is 1. The molecule has 6 heteroatoms. The molecule has 0 aliphatic carbocycles. The van der Waals surface area contributed by atoms with Crippen LogP contribution in [0.4, 0.5) is 4.79 Å². The van der Waals surface area contributed by atoms with Crippen LogP contribution in [-0.4, -0.2) is 45.1 Å². The second-order valence-electron chi connectivity index (χ2n) is 6.13. The van der Waals surface area contributed by atoms with E-state index in [1.54, 1.807) is 0 Å². The number of fused-ring (bicyclic) bond motifs is 1. The molecule has 23 heavy (non-hydrogen) atoms. The standard InChI is InChI=1S/C17H25N5O/c1-3-8-19-17(23)21-11-7-13(12-21)15-20-14-6-5-9-18-16(14)22(15)10-4-2/h5-6,9,13H,3-4,7-8,10-12H2,1-2H3,(H,19,23)/t13-/m1/s1. The van der Waals surface area contributed by atoms with Gasteiger partial charge in [-0.1, -0.05) is 13.8 Å². The lowest BCUT2D eigenvalue weighted by Crippen LogP contribution is -2.38. The number of amides is 2. The van der Waals surface area contributed by atoms with E-state index in [1.807, 2.05) is 23.2 Å². The molecule has 0 unspecified atom stereocenters. The molecule has 0 saturated carbocycles. The summed E-state index contributed by atoms with van der Waals surface area (Å²) in [5.41, 5.74) is 1.91. The van der Waals surface area contributed by atoms with Crippen LogP contribution in [0.3, 0.4) is 0 Å². The molecule has 0 bridgehead atoms. The molecule has 0 radical (unpaired) electrons. The van der Waals surface area contributed by atoms with E-state index in [0.717, 1.165) is 62.4 Å². The molecule has 2 amide bonds. The Morgan fingerprint density at radius 3 is 3.04 bits per heavy atom. The third-order valence-electron chi connectivity index (χ3n) is 4.35. The van der Waals surface area contributed by atoms with Gasteiger partial charge in [-0.25, -0.2) is 14.8 Å². The third-order valence-corrected chi connectivity index (χ3v) is 4.35. The number of likely N-dealkylation sites (tertiary alicyclic amines) is 1. The van der Waals surface area contributed by atoms with Crippen LogP contribution in [0.2, 0.25) is 0 Å². The Morgan fingerprint density at radius 2 is 2.26 bits per heavy atom. The number of urea groups is 1. The van der Waals surface area contributed by atoms with Crippen LogP contribution in [0, 0.1) is 0 Å². The summed E-state index contributed by atoms with van der Waals surface area (Å²) in [7, 11) is 0. The lowest BCUT2D eigenvalue weighted by atomic mass is 10.1. The van der Waals surface area contributed by atoms with Crippen LogP contribution >= 0.6 is 0 Å². The highest BCUT2D eigenvalue weighted by molar-refractivity contribution is 5.75. The van der Waals surface area contributed by atoms with Gasteiger partial charge in [-0.3, -0.25) is 0 Å². The Bertz CT molecular complexity index is 681. The highest BCUT2D eigenvalue weighted by Gasteiger charge is 2.30. The fraction of sp³-hybridized carbons (Fsp3) is 0.588. The number of pyridine rings is 1. The number of rotatable bonds is 5. The van der Waals surface area contributed by atoms with E-state index in [2.05, 4.69) is 28.7 Å². The van der Waals surface area contributed by atoms with Gasteiger partial charge in [0.2, 0.25) is 0 Å². The molecule has 3 rings (SSSR count). The Kier molecular flexibility index (Phi) is 4.79. The van der Waals surface area contributed by atoms with Crippen molar-refractivity contribution < 1.29 is 4.79 Å². The van der Waals surface area contributed by atoms with Crippen LogP contribution in [0.1, 0.15) is 44.9 Å². The van der Waals surface area contributed by atoms with E-state index in [9.17, 15) is 4.79 Å². The lowest BCUT2D eigenvalue weighted by Gasteiger charge is -2.17. The van der Waals surface area contributed by atoms with Crippen molar-refractivity contribution >= 4 is 17.2 Å². The number of nitrogens with zero attached hydrogens (tertiary/aromatic N) is 4. The van der Waals surface area contributed by atoms with Gasteiger partial charge in [0, 0.05) is 38.3 Å². The van der Waals surface area contributed by atoms with Crippen LogP contribution in [0.25, 0.3) is 11.2 Å². The smallest absolute Gasteiger partial charge is 0.317 e. The summed E-state index contributed by atoms with van der Waals surface area (Å²) in [6.07, 6.45) is 4.79. The topological polar surface area (TPSA) is 63.1 Å². The predicted molar refractivity (Wildman–Crippen MR) is 90.4 cm³/mol. The van der Waals surface area contributed by atoms with Crippen molar-refractivity contribution in [2.75, 3.05) is 19.6 Å². The van der Waals surface area contributed by atoms with E-state index >= 15 is 0 Å². The molecule has 1 aliphatic heterocycles. The second-order valence-corrected chi connectivity index (χ2v) is 6.13. The van der Waals surface area contributed by atoms with Gasteiger partial charge in [0.05, 0.1) is 0 Å². The van der Waals surface area contributed by atoms with Crippen LogP contribution < -0.4 is 5.32 Å². The van der Waals surface area contributed by atoms with E-state index in [4.69, 9.17) is 4.98 Å². The van der Waals surface area contributed by atoms with Crippen molar-refractivity contribution in [1.29, 1.82) is 0 Å². The zero-order chi connectivity index (χ0) is 16.2. The highest BCUT2D eigenvalue weighted by atomic mass is 16.2. The van der Waals surface area contributed by atoms with Gasteiger partial charge in [-0.15, -0.1) is 0 Å². The van der Waals surface area contributed by atoms with Crippen molar-refractivity contribution in [2.45, 2.75) is 45.6 Å². The number of nitrogens with one attached hydrogen (secondary N) is 1. The van der Waals surface area contributed by atoms with Crippen LogP contribution in [0.5, 0.6) is 0 Å². The number of hydrogen-bond acceptors (Lipinski definition) is 3. The summed E-state index contributed by atoms with van der Waals surface area (Å²) in [5, 5.41) is 2.96. The largest absolute Gasteiger partial charge is 0.338 e. The van der Waals surface area contributed by atoms with E-state index in [1.165, 1.54) is 0 Å². The van der Waals surface area contributed by atoms with Crippen LogP contribution in [0.15, 0.2) is 18.3 Å². The molecule has 2 aromatic rings. The summed E-state index contributed by atoms with van der Waals surface area (Å²) in [6.45, 7) is 7.41. The average molecular weight is 315 g/mol. The van der Waals surface area contributed by atoms with E-state index in [-0.39, 0.29) is 6.03 Å². The summed E-state index contributed by atoms with van der Waals surface area (Å²) >= 11 is 0. The van der Waals surface area contributed by atoms with Gasteiger partial charge in [-0.05, 0) is 31.4 Å². The Balaban J connectivity index is 1.81. The first-order chi connectivity index (χ1) is 11.2. The maximum Gasteiger partial charge on any atom is 0.317 e. The van der Waals surface area contributed by atoms with Gasteiger partial charge < -0.3 is 14.8 Å². The Morgan fingerprint density at radius 1 is 1.39 bits per heavy atom. The normalized spacial score (nSPS) is 17.8. The minimum atomic E-state index is 0.0469. The number of carbonyl (C=O) groups is 1. The van der Waals surface area contributed by atoms with E-state index < -0.39 is 0 Å². The van der Waals surface area contributed by atoms with Gasteiger partial charge in [0.15, 0.2) is 5.65 Å². The minimum absolute atomic E-state index is 0.0469. The van der Waals surface area contributed by atoms with Gasteiger partial charge in [0.25, 0.3) is 0 Å². The van der Waals surface area contributed by atoms with Crippen molar-refractivity contribution in [3.8, 4) is 0 Å². The number of hydrogen-bond donors (Lipinski definition) is 1. The first kappa shape index (κ1) is 15.8. The van der Waals surface area contributed by atoms with E-state index in [0.29, 0.717) is 5.92 Å². The van der Waals surface area contributed by atoms with Gasteiger partial charge in [-0.2, -0.15) is 0 Å². The summed E-state index contributed by atoms with van der Waals surface area (Å²) < 4.78 is 2.23. The van der Waals surface area contributed by atoms with Gasteiger partial charge in [0.1, 0.15) is 11.3 Å². The summed E-state index contributed by atoms with van der Waals surface area (Å²) in [6, 6.07) is 3.98. The molecule has 1 fully saturated rings. The summed E-state index contributed by atoms with van der Waals surface area (Å²) in [5.74, 6) is 1.37. The maximum atomic E-state index is 12.1. The second kappa shape index (κ2) is 6.98. The van der Waals surface area contributed by atoms with Crippen molar-refractivity contribution in [2.24, 2.45) is 0 Å².